The van der Waals surface area contributed by atoms with Gasteiger partial charge in [0.05, 0.1) is 46.6 Å². The van der Waals surface area contributed by atoms with Crippen LogP contribution in [0.1, 0.15) is 137 Å². The minimum Gasteiger partial charge on any atom is -0.381 e. The number of aromatic nitrogens is 6. The largest absolute Gasteiger partial charge is 0.381 e. The summed E-state index contributed by atoms with van der Waals surface area (Å²) in [5, 5.41) is 0. The van der Waals surface area contributed by atoms with Crippen molar-refractivity contribution in [2.24, 2.45) is 23.5 Å². The number of imidazole rings is 2. The van der Waals surface area contributed by atoms with Crippen molar-refractivity contribution in [2.45, 2.75) is 122 Å². The third-order valence-corrected chi connectivity index (χ3v) is 12.7. The standard InChI is InChI=1S/C21H27N3O.C20H26N4O.CH4/c1-14-2-4-16(5-3-14)19-13-24-20(23-19)12-22-18-7-6-17(21(18)24)15-8-10-25-11-9-15;21-15-3-1-14(2-4-15)18-12-24-19(23-18)11-22-17-6-5-16(20(17)24)13-7-9-25-10-8-13;/h6,12-16H,2-5,7-11H2,1H3;5,11-15H,1-4,6-10,21H2;1H4. The second kappa shape index (κ2) is 14.9. The molecule has 10 rings (SSSR count). The van der Waals surface area contributed by atoms with Crippen LogP contribution >= 0.6 is 0 Å². The van der Waals surface area contributed by atoms with Gasteiger partial charge >= 0.3 is 0 Å². The lowest BCUT2D eigenvalue weighted by molar-refractivity contribution is 0.0806. The van der Waals surface area contributed by atoms with Gasteiger partial charge in [-0.25, -0.2) is 9.97 Å². The van der Waals surface area contributed by atoms with Crippen LogP contribution in [0.15, 0.2) is 36.9 Å². The average molecular weight is 692 g/mol. The smallest absolute Gasteiger partial charge is 0.156 e. The van der Waals surface area contributed by atoms with E-state index in [9.17, 15) is 0 Å². The molecule has 51 heavy (non-hydrogen) atoms. The molecule has 2 aliphatic heterocycles. The number of rotatable bonds is 4. The molecule has 0 aromatic carbocycles. The van der Waals surface area contributed by atoms with Crippen molar-refractivity contribution in [1.29, 1.82) is 0 Å². The zero-order chi connectivity index (χ0) is 33.6. The van der Waals surface area contributed by atoms with Crippen molar-refractivity contribution < 1.29 is 9.47 Å². The molecule has 2 N–H and O–H groups in total. The summed E-state index contributed by atoms with van der Waals surface area (Å²) in [4.78, 5) is 19.3. The van der Waals surface area contributed by atoms with Crippen molar-refractivity contribution in [3.8, 4) is 0 Å². The Morgan fingerprint density at radius 3 is 1.47 bits per heavy atom. The van der Waals surface area contributed by atoms with Crippen molar-refractivity contribution >= 4 is 22.4 Å². The molecule has 9 heteroatoms. The van der Waals surface area contributed by atoms with Gasteiger partial charge in [0.25, 0.3) is 0 Å². The quantitative estimate of drug-likeness (QED) is 0.231. The van der Waals surface area contributed by atoms with Gasteiger partial charge in [-0.05, 0) is 93.1 Å². The summed E-state index contributed by atoms with van der Waals surface area (Å²) in [5.74, 6) is 3.27. The predicted molar refractivity (Wildman–Crippen MR) is 203 cm³/mol. The fourth-order valence-electron chi connectivity index (χ4n) is 9.66. The molecule has 0 amide bonds. The first-order chi connectivity index (χ1) is 24.6. The van der Waals surface area contributed by atoms with Crippen LogP contribution in [0, 0.1) is 17.8 Å². The molecule has 4 aromatic rings. The van der Waals surface area contributed by atoms with Crippen LogP contribution in [-0.2, 0) is 22.3 Å². The molecule has 0 spiro atoms. The molecule has 4 fully saturated rings. The molecule has 4 aliphatic carbocycles. The van der Waals surface area contributed by atoms with Gasteiger partial charge in [0.2, 0.25) is 0 Å². The van der Waals surface area contributed by atoms with Crippen molar-refractivity contribution in [1.82, 2.24) is 28.7 Å². The Bertz CT molecular complexity index is 1760. The molecule has 9 nitrogen and oxygen atoms in total. The number of fused-ring (bicyclic) bond motifs is 6. The summed E-state index contributed by atoms with van der Waals surface area (Å²) in [6.07, 6.45) is 29.4. The van der Waals surface area contributed by atoms with Crippen molar-refractivity contribution in [3.05, 3.63) is 71.1 Å². The van der Waals surface area contributed by atoms with Crippen LogP contribution in [0.5, 0.6) is 0 Å². The van der Waals surface area contributed by atoms with Gasteiger partial charge in [0.1, 0.15) is 0 Å². The fraction of sp³-hybridized carbons (Fsp3) is 0.619. The van der Waals surface area contributed by atoms with E-state index in [1.165, 1.54) is 71.0 Å². The Morgan fingerprint density at radius 2 is 1.02 bits per heavy atom. The lowest BCUT2D eigenvalue weighted by Gasteiger charge is -2.25. The number of allylic oxidation sites excluding steroid dienone is 4. The van der Waals surface area contributed by atoms with Gasteiger partial charge in [-0.3, -0.25) is 18.8 Å². The Balaban J connectivity index is 0.000000144. The lowest BCUT2D eigenvalue weighted by Crippen LogP contribution is -2.25. The summed E-state index contributed by atoms with van der Waals surface area (Å²) in [7, 11) is 0. The molecular weight excluding hydrogens is 635 g/mol. The lowest BCUT2D eigenvalue weighted by atomic mass is 9.82. The van der Waals surface area contributed by atoms with E-state index in [2.05, 4.69) is 40.3 Å². The third-order valence-electron chi connectivity index (χ3n) is 12.7. The van der Waals surface area contributed by atoms with Crippen LogP contribution in [0.2, 0.25) is 0 Å². The van der Waals surface area contributed by atoms with Gasteiger partial charge in [-0.15, -0.1) is 0 Å². The summed E-state index contributed by atoms with van der Waals surface area (Å²) in [6, 6.07) is 0.377. The number of hydrogen-bond acceptors (Lipinski definition) is 7. The van der Waals surface area contributed by atoms with Crippen molar-refractivity contribution in [2.75, 3.05) is 26.4 Å². The highest BCUT2D eigenvalue weighted by molar-refractivity contribution is 5.74. The van der Waals surface area contributed by atoms with E-state index in [0.717, 1.165) is 108 Å². The first kappa shape index (κ1) is 34.7. The summed E-state index contributed by atoms with van der Waals surface area (Å²) >= 11 is 0. The van der Waals surface area contributed by atoms with Crippen LogP contribution in [-0.4, -0.2) is 61.2 Å². The summed E-state index contributed by atoms with van der Waals surface area (Å²) in [5.41, 5.74) is 18.6. The molecular formula is C42H57N7O2. The molecule has 4 aromatic heterocycles. The molecule has 0 radical (unpaired) electrons. The van der Waals surface area contributed by atoms with Gasteiger partial charge in [0.15, 0.2) is 11.3 Å². The predicted octanol–water partition coefficient (Wildman–Crippen LogP) is 8.11. The first-order valence-corrected chi connectivity index (χ1v) is 19.6. The number of nitrogens with two attached hydrogens (primary N) is 1. The maximum Gasteiger partial charge on any atom is 0.156 e. The summed E-state index contributed by atoms with van der Waals surface area (Å²) in [6.45, 7) is 5.89. The molecule has 0 bridgehead atoms. The maximum atomic E-state index is 6.07. The van der Waals surface area contributed by atoms with Gasteiger partial charge < -0.3 is 15.2 Å². The number of hydrogen-bond donors (Lipinski definition) is 1. The fourth-order valence-corrected chi connectivity index (χ4v) is 9.66. The van der Waals surface area contributed by atoms with E-state index in [0.29, 0.717) is 29.7 Å². The van der Waals surface area contributed by atoms with Crippen LogP contribution < -0.4 is 5.73 Å². The number of nitrogens with zero attached hydrogens (tertiary/aromatic N) is 6. The number of ether oxygens (including phenoxy) is 2. The summed E-state index contributed by atoms with van der Waals surface area (Å²) < 4.78 is 15.8. The molecule has 272 valence electrons. The molecule has 6 aliphatic rings. The molecule has 6 heterocycles. The Hall–Kier alpha value is -3.40. The second-order valence-electron chi connectivity index (χ2n) is 16.0. The van der Waals surface area contributed by atoms with E-state index in [1.807, 2.05) is 12.4 Å². The highest BCUT2D eigenvalue weighted by Crippen LogP contribution is 2.41. The van der Waals surface area contributed by atoms with Gasteiger partial charge in [-0.2, -0.15) is 0 Å². The third kappa shape index (κ3) is 6.82. The SMILES string of the molecule is C.CC1CCC(c2cn3c4c(ncc3n2)CC=C4C2CCOCC2)CC1.NC1CCC(c2cn3c4c(ncc3n2)CC=C4C2CCOCC2)CC1. The van der Waals surface area contributed by atoms with Gasteiger partial charge in [-0.1, -0.05) is 39.3 Å². The molecule has 2 saturated carbocycles. The Morgan fingerprint density at radius 1 is 0.588 bits per heavy atom. The van der Waals surface area contributed by atoms with Crippen LogP contribution in [0.4, 0.5) is 0 Å². The van der Waals surface area contributed by atoms with E-state index < -0.39 is 0 Å². The zero-order valence-corrected chi connectivity index (χ0v) is 29.7. The van der Waals surface area contributed by atoms with E-state index in [1.54, 1.807) is 0 Å². The zero-order valence-electron chi connectivity index (χ0n) is 29.7. The Kier molecular flexibility index (Phi) is 10.1. The second-order valence-corrected chi connectivity index (χ2v) is 16.0. The minimum atomic E-state index is 0. The van der Waals surface area contributed by atoms with E-state index in [4.69, 9.17) is 35.1 Å². The van der Waals surface area contributed by atoms with E-state index >= 15 is 0 Å². The van der Waals surface area contributed by atoms with Crippen LogP contribution in [0.25, 0.3) is 22.4 Å². The normalized spacial score (nSPS) is 26.9. The van der Waals surface area contributed by atoms with Gasteiger partial charge in [0, 0.05) is 69.5 Å². The molecule has 0 unspecified atom stereocenters. The Labute approximate surface area is 303 Å². The minimum absolute atomic E-state index is 0. The van der Waals surface area contributed by atoms with Crippen molar-refractivity contribution in [3.63, 3.8) is 0 Å². The first-order valence-electron chi connectivity index (χ1n) is 19.6. The van der Waals surface area contributed by atoms with Crippen LogP contribution in [0.3, 0.4) is 0 Å². The molecule has 0 atom stereocenters. The van der Waals surface area contributed by atoms with E-state index in [-0.39, 0.29) is 7.43 Å². The maximum absolute atomic E-state index is 6.07. The average Bonchev–Trinajstić information content (AvgIpc) is 3.97. The highest BCUT2D eigenvalue weighted by Gasteiger charge is 2.31. The molecule has 2 saturated heterocycles. The monoisotopic (exact) mass is 691 g/mol. The topological polar surface area (TPSA) is 105 Å². The highest BCUT2D eigenvalue weighted by atomic mass is 16.5.